The predicted octanol–water partition coefficient (Wildman–Crippen LogP) is 0.619. The molecule has 3 N–H and O–H groups in total. The van der Waals surface area contributed by atoms with E-state index in [2.05, 4.69) is 22.5 Å². The summed E-state index contributed by atoms with van der Waals surface area (Å²) in [5.74, 6) is 0.859. The van der Waals surface area contributed by atoms with Gasteiger partial charge in [-0.1, -0.05) is 0 Å². The third-order valence-electron chi connectivity index (χ3n) is 5.07. The van der Waals surface area contributed by atoms with Crippen molar-refractivity contribution in [2.24, 2.45) is 4.99 Å². The molecule has 0 bridgehead atoms. The number of aliphatic imine (C=N–C) groups is 1. The minimum Gasteiger partial charge on any atom is -0.453 e. The van der Waals surface area contributed by atoms with Crippen LogP contribution in [-0.2, 0) is 4.74 Å². The summed E-state index contributed by atoms with van der Waals surface area (Å²) in [4.78, 5) is 20.4. The Hall–Kier alpha value is -1.54. The zero-order valence-corrected chi connectivity index (χ0v) is 16.2. The van der Waals surface area contributed by atoms with E-state index in [-0.39, 0.29) is 12.2 Å². The number of nitrogens with one attached hydrogen (secondary N) is 2. The van der Waals surface area contributed by atoms with Gasteiger partial charge in [-0.05, 0) is 45.6 Å². The minimum atomic E-state index is -0.241. The van der Waals surface area contributed by atoms with E-state index < -0.39 is 0 Å². The molecule has 0 aromatic heterocycles. The molecule has 2 aliphatic heterocycles. The van der Waals surface area contributed by atoms with Crippen LogP contribution >= 0.6 is 0 Å². The number of nitrogens with zero attached hydrogens (tertiary/aromatic N) is 3. The minimum absolute atomic E-state index is 0.112. The predicted molar refractivity (Wildman–Crippen MR) is 102 cm³/mol. The van der Waals surface area contributed by atoms with E-state index in [0.717, 1.165) is 70.8 Å². The highest BCUT2D eigenvalue weighted by atomic mass is 16.5. The van der Waals surface area contributed by atoms with Crippen LogP contribution in [0.15, 0.2) is 4.99 Å². The van der Waals surface area contributed by atoms with Crippen molar-refractivity contribution in [3.8, 4) is 0 Å². The van der Waals surface area contributed by atoms with Gasteiger partial charge in [0.2, 0.25) is 0 Å². The van der Waals surface area contributed by atoms with Crippen molar-refractivity contribution in [2.75, 3.05) is 52.9 Å². The number of guanidine groups is 1. The van der Waals surface area contributed by atoms with E-state index in [1.807, 2.05) is 0 Å². The first-order valence-corrected chi connectivity index (χ1v) is 9.90. The van der Waals surface area contributed by atoms with Crippen molar-refractivity contribution in [2.45, 2.75) is 51.2 Å². The van der Waals surface area contributed by atoms with E-state index in [9.17, 15) is 9.90 Å². The number of likely N-dealkylation sites (tertiary alicyclic amines) is 2. The Morgan fingerprint density at radius 1 is 1.19 bits per heavy atom. The highest BCUT2D eigenvalue weighted by Gasteiger charge is 2.23. The first-order valence-electron chi connectivity index (χ1n) is 9.90. The van der Waals surface area contributed by atoms with Gasteiger partial charge < -0.3 is 30.3 Å². The number of ether oxygens (including phenoxy) is 1. The molecular weight excluding hydrogens is 334 g/mol. The maximum absolute atomic E-state index is 11.6. The lowest BCUT2D eigenvalue weighted by Gasteiger charge is -2.32. The number of aliphatic hydroxyl groups excluding tert-OH is 1. The molecule has 2 fully saturated rings. The summed E-state index contributed by atoms with van der Waals surface area (Å²) in [5, 5.41) is 16.4. The first kappa shape index (κ1) is 20.8. The molecule has 0 spiro atoms. The van der Waals surface area contributed by atoms with Crippen LogP contribution in [0, 0.1) is 0 Å². The average Bonchev–Trinajstić information content (AvgIpc) is 2.66. The number of hydrogen-bond acceptors (Lipinski definition) is 5. The number of hydrogen-bond donors (Lipinski definition) is 3. The van der Waals surface area contributed by atoms with E-state index in [4.69, 9.17) is 9.73 Å². The zero-order valence-electron chi connectivity index (χ0n) is 16.2. The molecular formula is C18H35N5O3. The highest BCUT2D eigenvalue weighted by Crippen LogP contribution is 2.11. The van der Waals surface area contributed by atoms with Gasteiger partial charge in [0, 0.05) is 45.3 Å². The Morgan fingerprint density at radius 2 is 1.88 bits per heavy atom. The number of piperidine rings is 2. The highest BCUT2D eigenvalue weighted by molar-refractivity contribution is 5.80. The molecule has 2 heterocycles. The van der Waals surface area contributed by atoms with Gasteiger partial charge in [0.1, 0.15) is 0 Å². The fourth-order valence-electron chi connectivity index (χ4n) is 3.48. The Labute approximate surface area is 157 Å². The molecule has 0 aromatic rings. The molecule has 2 rings (SSSR count). The quantitative estimate of drug-likeness (QED) is 0.361. The van der Waals surface area contributed by atoms with Gasteiger partial charge in [-0.15, -0.1) is 0 Å². The third-order valence-corrected chi connectivity index (χ3v) is 5.07. The van der Waals surface area contributed by atoms with E-state index in [1.54, 1.807) is 4.90 Å². The largest absolute Gasteiger partial charge is 0.453 e. The monoisotopic (exact) mass is 369 g/mol. The number of methoxy groups -OCH3 is 1. The summed E-state index contributed by atoms with van der Waals surface area (Å²) in [5.41, 5.74) is 0. The molecule has 8 nitrogen and oxygen atoms in total. The second kappa shape index (κ2) is 11.2. The molecule has 0 saturated carbocycles. The Morgan fingerprint density at radius 3 is 2.50 bits per heavy atom. The fourth-order valence-corrected chi connectivity index (χ4v) is 3.48. The normalized spacial score (nSPS) is 20.9. The van der Waals surface area contributed by atoms with Crippen molar-refractivity contribution >= 4 is 12.1 Å². The fraction of sp³-hybridized carbons (Fsp3) is 0.889. The van der Waals surface area contributed by atoms with E-state index in [0.29, 0.717) is 19.1 Å². The maximum atomic E-state index is 11.6. The van der Waals surface area contributed by atoms with Crippen LogP contribution in [0.4, 0.5) is 4.79 Å². The molecule has 2 saturated heterocycles. The van der Waals surface area contributed by atoms with Crippen LogP contribution < -0.4 is 10.6 Å². The van der Waals surface area contributed by atoms with Gasteiger partial charge in [-0.25, -0.2) is 4.79 Å². The Kier molecular flexibility index (Phi) is 8.97. The molecule has 0 radical (unpaired) electrons. The number of carbonyl (C=O) groups excluding carboxylic acids is 1. The summed E-state index contributed by atoms with van der Waals surface area (Å²) in [6.45, 7) is 8.12. The first-order chi connectivity index (χ1) is 12.6. The topological polar surface area (TPSA) is 89.4 Å². The van der Waals surface area contributed by atoms with Crippen LogP contribution in [0.25, 0.3) is 0 Å². The summed E-state index contributed by atoms with van der Waals surface area (Å²) in [6, 6.07) is 0.331. The second-order valence-corrected chi connectivity index (χ2v) is 7.06. The summed E-state index contributed by atoms with van der Waals surface area (Å²) < 4.78 is 4.78. The van der Waals surface area contributed by atoms with Crippen molar-refractivity contribution in [1.82, 2.24) is 20.4 Å². The summed E-state index contributed by atoms with van der Waals surface area (Å²) in [6.07, 6.45) is 4.24. The number of amides is 1. The van der Waals surface area contributed by atoms with Crippen LogP contribution in [0.5, 0.6) is 0 Å². The lowest BCUT2D eigenvalue weighted by atomic mass is 10.1. The van der Waals surface area contributed by atoms with Crippen LogP contribution in [0.1, 0.15) is 39.0 Å². The van der Waals surface area contributed by atoms with Crippen LogP contribution in [0.2, 0.25) is 0 Å². The van der Waals surface area contributed by atoms with Gasteiger partial charge >= 0.3 is 6.09 Å². The van der Waals surface area contributed by atoms with Crippen molar-refractivity contribution in [3.63, 3.8) is 0 Å². The lowest BCUT2D eigenvalue weighted by molar-refractivity contribution is 0.0824. The van der Waals surface area contributed by atoms with Crippen LogP contribution in [0.3, 0.4) is 0 Å². The maximum Gasteiger partial charge on any atom is 0.409 e. The molecule has 0 unspecified atom stereocenters. The standard InChI is InChI=1S/C18H35N5O3/c1-3-19-17(20-9-4-10-22-11-7-16(24)8-12-22)21-15-5-13-23(14-6-15)18(25)26-2/h15-16,24H,3-14H2,1-2H3,(H2,19,20,21). The summed E-state index contributed by atoms with van der Waals surface area (Å²) in [7, 11) is 1.43. The van der Waals surface area contributed by atoms with Gasteiger partial charge in [0.05, 0.1) is 13.2 Å². The van der Waals surface area contributed by atoms with Crippen LogP contribution in [-0.4, -0.2) is 92.0 Å². The molecule has 0 aromatic carbocycles. The molecule has 2 aliphatic rings. The molecule has 150 valence electrons. The van der Waals surface area contributed by atoms with Gasteiger partial charge in [0.25, 0.3) is 0 Å². The number of carbonyl (C=O) groups is 1. The molecule has 0 atom stereocenters. The van der Waals surface area contributed by atoms with Crippen molar-refractivity contribution < 1.29 is 14.6 Å². The SMILES string of the molecule is CCNC(=NCCCN1CCC(O)CC1)NC1CCN(C(=O)OC)CC1. The number of rotatable bonds is 6. The number of aliphatic hydroxyl groups is 1. The van der Waals surface area contributed by atoms with Gasteiger partial charge in [-0.2, -0.15) is 0 Å². The Bertz CT molecular complexity index is 444. The second-order valence-electron chi connectivity index (χ2n) is 7.06. The average molecular weight is 370 g/mol. The molecule has 8 heteroatoms. The van der Waals surface area contributed by atoms with E-state index in [1.165, 1.54) is 7.11 Å². The van der Waals surface area contributed by atoms with E-state index >= 15 is 0 Å². The Balaban J connectivity index is 1.68. The molecule has 0 aliphatic carbocycles. The van der Waals surface area contributed by atoms with Gasteiger partial charge in [-0.3, -0.25) is 4.99 Å². The van der Waals surface area contributed by atoms with Gasteiger partial charge in [0.15, 0.2) is 5.96 Å². The summed E-state index contributed by atoms with van der Waals surface area (Å²) >= 11 is 0. The molecule has 26 heavy (non-hydrogen) atoms. The zero-order chi connectivity index (χ0) is 18.8. The van der Waals surface area contributed by atoms with Crippen molar-refractivity contribution in [1.29, 1.82) is 0 Å². The third kappa shape index (κ3) is 6.99. The van der Waals surface area contributed by atoms with Crippen molar-refractivity contribution in [3.05, 3.63) is 0 Å². The smallest absolute Gasteiger partial charge is 0.409 e. The lowest BCUT2D eigenvalue weighted by Crippen LogP contribution is -2.49. The molecule has 1 amide bonds.